The largest absolute Gasteiger partial charge is 0.480 e. The van der Waals surface area contributed by atoms with Gasteiger partial charge in [0.05, 0.1) is 0 Å². The van der Waals surface area contributed by atoms with Gasteiger partial charge in [0.1, 0.15) is 17.0 Å². The number of amides is 2. The number of nitrogens with zero attached hydrogens (tertiary/aromatic N) is 1. The molecule has 128 valence electrons. The molecule has 2 saturated heterocycles. The first-order valence-corrected chi connectivity index (χ1v) is 8.58. The molecule has 2 heterocycles. The number of carbonyl (C=O) groups is 3. The zero-order valence-corrected chi connectivity index (χ0v) is 14.8. The maximum Gasteiger partial charge on any atom is 0.327 e. The molecule has 6 nitrogen and oxygen atoms in total. The van der Waals surface area contributed by atoms with Gasteiger partial charge >= 0.3 is 5.97 Å². The molecule has 0 bridgehead atoms. The Bertz CT molecular complexity index is 748. The molecule has 2 N–H and O–H groups in total. The van der Waals surface area contributed by atoms with Crippen LogP contribution < -0.4 is 5.32 Å². The Morgan fingerprint density at radius 2 is 1.96 bits per heavy atom. The average molecular weight is 348 g/mol. The minimum Gasteiger partial charge on any atom is -0.480 e. The fourth-order valence-electron chi connectivity index (χ4n) is 3.43. The molecule has 1 aromatic rings. The summed E-state index contributed by atoms with van der Waals surface area (Å²) in [6.45, 7) is 7.18. The summed E-state index contributed by atoms with van der Waals surface area (Å²) in [5, 5.41) is 11.9. The predicted molar refractivity (Wildman–Crippen MR) is 90.8 cm³/mol. The van der Waals surface area contributed by atoms with E-state index in [1.165, 1.54) is 16.7 Å². The van der Waals surface area contributed by atoms with Crippen molar-refractivity contribution in [1.82, 2.24) is 10.2 Å². The van der Waals surface area contributed by atoms with Crippen LogP contribution in [0.2, 0.25) is 0 Å². The van der Waals surface area contributed by atoms with Crippen molar-refractivity contribution in [2.75, 3.05) is 0 Å². The molecule has 3 atom stereocenters. The lowest BCUT2D eigenvalue weighted by molar-refractivity contribution is -0.165. The van der Waals surface area contributed by atoms with E-state index in [2.05, 4.69) is 5.32 Å². The van der Waals surface area contributed by atoms with Crippen molar-refractivity contribution in [2.24, 2.45) is 0 Å². The number of carboxylic acid groups (broad SMARTS) is 1. The number of benzene rings is 1. The van der Waals surface area contributed by atoms with Crippen molar-refractivity contribution >= 4 is 29.5 Å². The molecule has 2 aliphatic rings. The lowest BCUT2D eigenvalue weighted by Crippen LogP contribution is -2.78. The van der Waals surface area contributed by atoms with Gasteiger partial charge in [-0.1, -0.05) is 17.7 Å². The van der Waals surface area contributed by atoms with E-state index in [9.17, 15) is 19.5 Å². The van der Waals surface area contributed by atoms with E-state index in [0.717, 1.165) is 5.56 Å². The van der Waals surface area contributed by atoms with Crippen LogP contribution >= 0.6 is 11.8 Å². The maximum atomic E-state index is 12.6. The summed E-state index contributed by atoms with van der Waals surface area (Å²) in [4.78, 5) is 38.1. The molecule has 2 fully saturated rings. The number of aryl methyl sites for hydroxylation is 1. The van der Waals surface area contributed by atoms with Crippen LogP contribution in [0.5, 0.6) is 0 Å². The highest BCUT2D eigenvalue weighted by Gasteiger charge is 2.70. The van der Waals surface area contributed by atoms with E-state index in [4.69, 9.17) is 0 Å². The monoisotopic (exact) mass is 348 g/mol. The Morgan fingerprint density at radius 1 is 1.29 bits per heavy atom. The number of hydrogen-bond acceptors (Lipinski definition) is 4. The Kier molecular flexibility index (Phi) is 3.67. The first kappa shape index (κ1) is 16.8. The molecule has 1 unspecified atom stereocenters. The fourth-order valence-corrected chi connectivity index (χ4v) is 5.08. The molecule has 2 aliphatic heterocycles. The zero-order valence-electron chi connectivity index (χ0n) is 14.0. The SMILES string of the molecule is Cc1cccc(C(=O)NC2(C)C(=O)N3[C@@H](C(=O)O)C(C)(C)S[C@@H]32)c1. The van der Waals surface area contributed by atoms with E-state index in [0.29, 0.717) is 5.56 Å². The summed E-state index contributed by atoms with van der Waals surface area (Å²) in [6.07, 6.45) is 0. The van der Waals surface area contributed by atoms with Crippen LogP contribution in [-0.2, 0) is 9.59 Å². The zero-order chi connectivity index (χ0) is 17.9. The second-order valence-corrected chi connectivity index (χ2v) is 8.79. The van der Waals surface area contributed by atoms with E-state index in [-0.39, 0.29) is 17.2 Å². The predicted octanol–water partition coefficient (Wildman–Crippen LogP) is 1.63. The van der Waals surface area contributed by atoms with Crippen molar-refractivity contribution in [3.63, 3.8) is 0 Å². The number of aliphatic carboxylic acids is 1. The van der Waals surface area contributed by atoms with Crippen LogP contribution in [0.3, 0.4) is 0 Å². The summed E-state index contributed by atoms with van der Waals surface area (Å²) in [5.74, 6) is -1.69. The van der Waals surface area contributed by atoms with Gasteiger partial charge in [-0.25, -0.2) is 4.79 Å². The van der Waals surface area contributed by atoms with Gasteiger partial charge in [-0.3, -0.25) is 9.59 Å². The number of nitrogens with one attached hydrogen (secondary N) is 1. The molecule has 0 radical (unpaired) electrons. The summed E-state index contributed by atoms with van der Waals surface area (Å²) in [7, 11) is 0. The Hall–Kier alpha value is -2.02. The smallest absolute Gasteiger partial charge is 0.327 e. The quantitative estimate of drug-likeness (QED) is 0.811. The van der Waals surface area contributed by atoms with Crippen molar-refractivity contribution in [3.8, 4) is 0 Å². The molecule has 24 heavy (non-hydrogen) atoms. The van der Waals surface area contributed by atoms with Crippen LogP contribution in [0.4, 0.5) is 0 Å². The topological polar surface area (TPSA) is 86.7 Å². The molecular formula is C17H20N2O4S. The van der Waals surface area contributed by atoms with Crippen LogP contribution in [-0.4, -0.2) is 49.5 Å². The third-order valence-electron chi connectivity index (χ3n) is 4.66. The highest BCUT2D eigenvalue weighted by Crippen LogP contribution is 2.54. The van der Waals surface area contributed by atoms with Crippen molar-refractivity contribution < 1.29 is 19.5 Å². The average Bonchev–Trinajstić information content (AvgIpc) is 2.76. The van der Waals surface area contributed by atoms with Crippen molar-refractivity contribution in [2.45, 2.75) is 49.4 Å². The van der Waals surface area contributed by atoms with Crippen LogP contribution in [0.1, 0.15) is 36.7 Å². The Labute approximate surface area is 144 Å². The number of hydrogen-bond donors (Lipinski definition) is 2. The molecule has 0 aromatic heterocycles. The molecule has 2 amide bonds. The van der Waals surface area contributed by atoms with Crippen LogP contribution in [0.15, 0.2) is 24.3 Å². The molecular weight excluding hydrogens is 328 g/mol. The lowest BCUT2D eigenvalue weighted by atomic mass is 9.86. The minimum atomic E-state index is -1.09. The third-order valence-corrected chi connectivity index (χ3v) is 6.42. The minimum absolute atomic E-state index is 0.327. The number of thioether (sulfide) groups is 1. The van der Waals surface area contributed by atoms with Gasteiger partial charge in [0.2, 0.25) is 0 Å². The van der Waals surface area contributed by atoms with Gasteiger partial charge in [-0.05, 0) is 39.8 Å². The van der Waals surface area contributed by atoms with E-state index in [1.807, 2.05) is 26.8 Å². The fraction of sp³-hybridized carbons (Fsp3) is 0.471. The summed E-state index contributed by atoms with van der Waals surface area (Å²) >= 11 is 1.41. The molecule has 7 heteroatoms. The molecule has 0 saturated carbocycles. The number of carboxylic acids is 1. The number of β-lactam (4-membered cyclic amide) rings is 1. The standard InChI is InChI=1S/C17H20N2O4S/c1-9-6-5-7-10(8-9)12(20)18-17(4)14(23)19-11(13(21)22)16(2,3)24-15(17)19/h5-8,11,15H,1-4H3,(H,18,20)(H,21,22)/t11-,15+,17?/m0/s1. The van der Waals surface area contributed by atoms with Gasteiger partial charge < -0.3 is 15.3 Å². The van der Waals surface area contributed by atoms with E-state index < -0.39 is 22.3 Å². The van der Waals surface area contributed by atoms with E-state index >= 15 is 0 Å². The van der Waals surface area contributed by atoms with Crippen LogP contribution in [0, 0.1) is 6.92 Å². The number of rotatable bonds is 3. The normalized spacial score (nSPS) is 30.5. The van der Waals surface area contributed by atoms with Crippen LogP contribution in [0.25, 0.3) is 0 Å². The molecule has 1 aromatic carbocycles. The lowest BCUT2D eigenvalue weighted by Gasteiger charge is -2.51. The molecule has 0 aliphatic carbocycles. The van der Waals surface area contributed by atoms with Crippen molar-refractivity contribution in [1.29, 1.82) is 0 Å². The second-order valence-electron chi connectivity index (χ2n) is 7.05. The van der Waals surface area contributed by atoms with Gasteiger partial charge in [0.25, 0.3) is 11.8 Å². The Morgan fingerprint density at radius 3 is 2.54 bits per heavy atom. The van der Waals surface area contributed by atoms with E-state index in [1.54, 1.807) is 25.1 Å². The first-order valence-electron chi connectivity index (χ1n) is 7.70. The third kappa shape index (κ3) is 2.30. The highest BCUT2D eigenvalue weighted by atomic mass is 32.2. The summed E-state index contributed by atoms with van der Waals surface area (Å²) < 4.78 is -0.613. The summed E-state index contributed by atoms with van der Waals surface area (Å²) in [6, 6.07) is 6.24. The van der Waals surface area contributed by atoms with Gasteiger partial charge in [0.15, 0.2) is 0 Å². The van der Waals surface area contributed by atoms with Crippen molar-refractivity contribution in [3.05, 3.63) is 35.4 Å². The highest BCUT2D eigenvalue weighted by molar-refractivity contribution is 8.01. The Balaban J connectivity index is 1.84. The van der Waals surface area contributed by atoms with Gasteiger partial charge in [-0.15, -0.1) is 11.8 Å². The van der Waals surface area contributed by atoms with Gasteiger partial charge in [-0.2, -0.15) is 0 Å². The number of carbonyl (C=O) groups excluding carboxylic acids is 2. The maximum absolute atomic E-state index is 12.6. The second kappa shape index (κ2) is 5.24. The number of fused-ring (bicyclic) bond motifs is 1. The molecule has 0 spiro atoms. The molecule has 3 rings (SSSR count). The van der Waals surface area contributed by atoms with Gasteiger partial charge in [0, 0.05) is 10.3 Å². The summed E-state index contributed by atoms with van der Waals surface area (Å²) in [5.41, 5.74) is 0.351. The first-order chi connectivity index (χ1) is 11.1.